The largest absolute Gasteiger partial charge is 0.325 e. The van der Waals surface area contributed by atoms with Crippen LogP contribution in [0.4, 0.5) is 11.4 Å². The van der Waals surface area contributed by atoms with E-state index in [2.05, 4.69) is 16.0 Å². The van der Waals surface area contributed by atoms with Crippen LogP contribution in [0.2, 0.25) is 10.0 Å². The maximum absolute atomic E-state index is 13.4. The van der Waals surface area contributed by atoms with E-state index in [9.17, 15) is 14.4 Å². The molecule has 214 valence electrons. The van der Waals surface area contributed by atoms with E-state index in [1.807, 2.05) is 45.0 Å². The standard InChI is InChI=1S/C33H29Cl2N3O3S/c1-20-15-16-21(2)28(17-20)37-31(39)22(3)42-26-13-8-12-25(19-26)36-33(41)29(18-24-11-7-14-27(34)30(24)35)38-32(40)23-9-5-4-6-10-23/h4-19,22H,1-3H3,(H,36,41)(H,37,39)(H,38,40)/b29-18+. The van der Waals surface area contributed by atoms with Gasteiger partial charge in [0.25, 0.3) is 11.8 Å². The summed E-state index contributed by atoms with van der Waals surface area (Å²) >= 11 is 13.9. The van der Waals surface area contributed by atoms with Gasteiger partial charge in [0.1, 0.15) is 5.70 Å². The lowest BCUT2D eigenvalue weighted by Crippen LogP contribution is -2.30. The number of halogens is 2. The number of aryl methyl sites for hydroxylation is 2. The predicted molar refractivity (Wildman–Crippen MR) is 173 cm³/mol. The zero-order valence-electron chi connectivity index (χ0n) is 23.2. The SMILES string of the molecule is Cc1ccc(C)c(NC(=O)C(C)Sc2cccc(NC(=O)/C(=C\c3cccc(Cl)c3Cl)NC(=O)c3ccccc3)c2)c1. The fraction of sp³-hybridized carbons (Fsp3) is 0.121. The van der Waals surface area contributed by atoms with Gasteiger partial charge in [0.15, 0.2) is 0 Å². The maximum atomic E-state index is 13.4. The number of thioether (sulfide) groups is 1. The Morgan fingerprint density at radius 2 is 1.57 bits per heavy atom. The fourth-order valence-electron chi connectivity index (χ4n) is 3.94. The molecule has 4 aromatic rings. The minimum Gasteiger partial charge on any atom is -0.325 e. The minimum atomic E-state index is -0.557. The van der Waals surface area contributed by atoms with E-state index in [1.165, 1.54) is 17.8 Å². The Kier molecular flexibility index (Phi) is 10.5. The number of anilines is 2. The monoisotopic (exact) mass is 617 g/mol. The number of nitrogens with one attached hydrogen (secondary N) is 3. The summed E-state index contributed by atoms with van der Waals surface area (Å²) in [5.41, 5.74) is 4.15. The van der Waals surface area contributed by atoms with Crippen LogP contribution in [-0.4, -0.2) is 23.0 Å². The van der Waals surface area contributed by atoms with Crippen LogP contribution in [0.5, 0.6) is 0 Å². The average Bonchev–Trinajstić information content (AvgIpc) is 2.97. The molecule has 1 unspecified atom stereocenters. The van der Waals surface area contributed by atoms with Gasteiger partial charge in [-0.15, -0.1) is 11.8 Å². The first kappa shape index (κ1) is 30.9. The number of carbonyl (C=O) groups excluding carboxylic acids is 3. The Bertz CT molecular complexity index is 1660. The van der Waals surface area contributed by atoms with Gasteiger partial charge in [-0.1, -0.05) is 71.7 Å². The molecule has 0 bridgehead atoms. The van der Waals surface area contributed by atoms with Crippen LogP contribution >= 0.6 is 35.0 Å². The number of hydrogen-bond acceptors (Lipinski definition) is 4. The Balaban J connectivity index is 1.51. The van der Waals surface area contributed by atoms with Crippen LogP contribution in [0.25, 0.3) is 6.08 Å². The first-order valence-electron chi connectivity index (χ1n) is 13.1. The number of amides is 3. The van der Waals surface area contributed by atoms with Crippen molar-refractivity contribution in [1.29, 1.82) is 0 Å². The zero-order valence-corrected chi connectivity index (χ0v) is 25.5. The molecule has 0 fully saturated rings. The van der Waals surface area contributed by atoms with E-state index in [-0.39, 0.29) is 16.6 Å². The number of benzene rings is 4. The van der Waals surface area contributed by atoms with Crippen molar-refractivity contribution in [3.8, 4) is 0 Å². The second-order valence-electron chi connectivity index (χ2n) is 9.57. The molecule has 6 nitrogen and oxygen atoms in total. The molecule has 0 aliphatic rings. The molecule has 4 rings (SSSR count). The van der Waals surface area contributed by atoms with Crippen LogP contribution in [-0.2, 0) is 9.59 Å². The quantitative estimate of drug-likeness (QED) is 0.131. The molecule has 0 aliphatic carbocycles. The molecular formula is C33H29Cl2N3O3S. The summed E-state index contributed by atoms with van der Waals surface area (Å²) < 4.78 is 0. The van der Waals surface area contributed by atoms with Crippen molar-refractivity contribution < 1.29 is 14.4 Å². The van der Waals surface area contributed by atoms with E-state index in [0.29, 0.717) is 21.8 Å². The number of rotatable bonds is 9. The molecule has 0 saturated carbocycles. The molecule has 0 saturated heterocycles. The second-order valence-corrected chi connectivity index (χ2v) is 11.8. The smallest absolute Gasteiger partial charge is 0.272 e. The molecule has 4 aromatic carbocycles. The van der Waals surface area contributed by atoms with E-state index < -0.39 is 17.1 Å². The van der Waals surface area contributed by atoms with Gasteiger partial charge in [-0.05, 0) is 86.0 Å². The summed E-state index contributed by atoms with van der Waals surface area (Å²) in [5, 5.41) is 8.70. The summed E-state index contributed by atoms with van der Waals surface area (Å²) in [6.45, 7) is 5.75. The van der Waals surface area contributed by atoms with Crippen molar-refractivity contribution in [2.45, 2.75) is 30.9 Å². The lowest BCUT2D eigenvalue weighted by molar-refractivity contribution is -0.115. The Morgan fingerprint density at radius 1 is 0.833 bits per heavy atom. The highest BCUT2D eigenvalue weighted by Crippen LogP contribution is 2.29. The van der Waals surface area contributed by atoms with Crippen LogP contribution < -0.4 is 16.0 Å². The second kappa shape index (κ2) is 14.2. The van der Waals surface area contributed by atoms with E-state index in [4.69, 9.17) is 23.2 Å². The summed E-state index contributed by atoms with van der Waals surface area (Å²) in [7, 11) is 0. The van der Waals surface area contributed by atoms with Gasteiger partial charge in [-0.2, -0.15) is 0 Å². The topological polar surface area (TPSA) is 87.3 Å². The summed E-state index contributed by atoms with van der Waals surface area (Å²) in [4.78, 5) is 40.1. The molecule has 0 aliphatic heterocycles. The highest BCUT2D eigenvalue weighted by molar-refractivity contribution is 8.00. The molecule has 9 heteroatoms. The third-order valence-electron chi connectivity index (χ3n) is 6.24. The van der Waals surface area contributed by atoms with E-state index in [1.54, 1.807) is 66.7 Å². The third-order valence-corrected chi connectivity index (χ3v) is 8.16. The molecule has 1 atom stereocenters. The van der Waals surface area contributed by atoms with Gasteiger partial charge in [-0.3, -0.25) is 14.4 Å². The van der Waals surface area contributed by atoms with Crippen molar-refractivity contribution in [2.24, 2.45) is 0 Å². The number of carbonyl (C=O) groups is 3. The minimum absolute atomic E-state index is 0.0210. The molecule has 3 N–H and O–H groups in total. The van der Waals surface area contributed by atoms with Crippen molar-refractivity contribution in [1.82, 2.24) is 5.32 Å². The van der Waals surface area contributed by atoms with Crippen LogP contribution in [0.15, 0.2) is 102 Å². The third kappa shape index (κ3) is 8.26. The summed E-state index contributed by atoms with van der Waals surface area (Å²) in [6.07, 6.45) is 1.47. The number of hydrogen-bond donors (Lipinski definition) is 3. The molecule has 0 spiro atoms. The highest BCUT2D eigenvalue weighted by atomic mass is 35.5. The molecule has 0 aromatic heterocycles. The fourth-order valence-corrected chi connectivity index (χ4v) is 5.23. The maximum Gasteiger partial charge on any atom is 0.272 e. The van der Waals surface area contributed by atoms with Crippen LogP contribution in [0, 0.1) is 13.8 Å². The highest BCUT2D eigenvalue weighted by Gasteiger charge is 2.18. The molecule has 0 radical (unpaired) electrons. The van der Waals surface area contributed by atoms with Gasteiger partial charge in [0.05, 0.1) is 15.3 Å². The summed E-state index contributed by atoms with van der Waals surface area (Å²) in [6, 6.07) is 26.7. The van der Waals surface area contributed by atoms with E-state index in [0.717, 1.165) is 21.7 Å². The van der Waals surface area contributed by atoms with E-state index >= 15 is 0 Å². The summed E-state index contributed by atoms with van der Waals surface area (Å²) in [5.74, 6) is -1.14. The van der Waals surface area contributed by atoms with Crippen LogP contribution in [0.3, 0.4) is 0 Å². The lowest BCUT2D eigenvalue weighted by Gasteiger charge is -2.15. The van der Waals surface area contributed by atoms with Crippen molar-refractivity contribution in [2.75, 3.05) is 10.6 Å². The predicted octanol–water partition coefficient (Wildman–Crippen LogP) is 8.14. The molecular weight excluding hydrogens is 589 g/mol. The Morgan fingerprint density at radius 3 is 2.33 bits per heavy atom. The van der Waals surface area contributed by atoms with Gasteiger partial charge in [0, 0.05) is 21.8 Å². The van der Waals surface area contributed by atoms with Gasteiger partial charge >= 0.3 is 0 Å². The Hall–Kier alpha value is -4.04. The van der Waals surface area contributed by atoms with Crippen molar-refractivity contribution in [3.05, 3.63) is 129 Å². The molecule has 3 amide bonds. The van der Waals surface area contributed by atoms with Crippen LogP contribution in [0.1, 0.15) is 34.0 Å². The zero-order chi connectivity index (χ0) is 30.2. The van der Waals surface area contributed by atoms with Crippen molar-refractivity contribution in [3.63, 3.8) is 0 Å². The lowest BCUT2D eigenvalue weighted by atomic mass is 10.1. The molecule has 42 heavy (non-hydrogen) atoms. The first-order valence-corrected chi connectivity index (χ1v) is 14.7. The average molecular weight is 619 g/mol. The van der Waals surface area contributed by atoms with Gasteiger partial charge in [-0.25, -0.2) is 0 Å². The molecule has 0 heterocycles. The van der Waals surface area contributed by atoms with Gasteiger partial charge < -0.3 is 16.0 Å². The Labute approximate surface area is 259 Å². The first-order chi connectivity index (χ1) is 20.1. The van der Waals surface area contributed by atoms with Gasteiger partial charge in [0.2, 0.25) is 5.91 Å². The van der Waals surface area contributed by atoms with Crippen molar-refractivity contribution >= 4 is 70.1 Å². The normalized spacial score (nSPS) is 11.9.